The van der Waals surface area contributed by atoms with Crippen LogP contribution in [-0.2, 0) is 11.3 Å². The number of aliphatic carboxylic acids is 1. The van der Waals surface area contributed by atoms with Gasteiger partial charge < -0.3 is 5.11 Å². The number of nitrogens with zero attached hydrogens (tertiary/aromatic N) is 1. The van der Waals surface area contributed by atoms with Crippen molar-refractivity contribution in [3.63, 3.8) is 0 Å². The van der Waals surface area contributed by atoms with Gasteiger partial charge in [-0.3, -0.25) is 9.69 Å². The first-order valence-electron chi connectivity index (χ1n) is 5.30. The highest BCUT2D eigenvalue weighted by molar-refractivity contribution is 7.10. The van der Waals surface area contributed by atoms with E-state index < -0.39 is 5.97 Å². The molecule has 0 bridgehead atoms. The predicted octanol–water partition coefficient (Wildman–Crippen LogP) is 2.74. The van der Waals surface area contributed by atoms with Gasteiger partial charge >= 0.3 is 5.97 Å². The summed E-state index contributed by atoms with van der Waals surface area (Å²) in [6.45, 7) is 8.98. The van der Waals surface area contributed by atoms with Gasteiger partial charge in [-0.05, 0) is 44.7 Å². The topological polar surface area (TPSA) is 40.5 Å². The van der Waals surface area contributed by atoms with Gasteiger partial charge in [0.2, 0.25) is 0 Å². The van der Waals surface area contributed by atoms with Gasteiger partial charge in [-0.1, -0.05) is 0 Å². The third-order valence-corrected chi connectivity index (χ3v) is 3.59. The summed E-state index contributed by atoms with van der Waals surface area (Å²) in [5.41, 5.74) is 1.11. The number of aryl methyl sites for hydroxylation is 1. The van der Waals surface area contributed by atoms with E-state index in [2.05, 4.69) is 13.0 Å². The summed E-state index contributed by atoms with van der Waals surface area (Å²) in [7, 11) is 0. The van der Waals surface area contributed by atoms with E-state index in [1.54, 1.807) is 11.3 Å². The minimum atomic E-state index is -0.774. The Hall–Kier alpha value is -0.870. The van der Waals surface area contributed by atoms with E-state index in [1.807, 2.05) is 31.1 Å². The van der Waals surface area contributed by atoms with E-state index in [0.717, 1.165) is 0 Å². The van der Waals surface area contributed by atoms with Crippen molar-refractivity contribution in [1.29, 1.82) is 0 Å². The lowest BCUT2D eigenvalue weighted by Gasteiger charge is -2.34. The molecule has 90 valence electrons. The fourth-order valence-electron chi connectivity index (χ4n) is 1.43. The first-order chi connectivity index (χ1) is 7.30. The third kappa shape index (κ3) is 3.61. The van der Waals surface area contributed by atoms with Gasteiger partial charge in [-0.2, -0.15) is 0 Å². The lowest BCUT2D eigenvalue weighted by Crippen LogP contribution is -2.43. The van der Waals surface area contributed by atoms with Crippen LogP contribution in [0.25, 0.3) is 0 Å². The zero-order valence-corrected chi connectivity index (χ0v) is 11.1. The van der Waals surface area contributed by atoms with Crippen LogP contribution in [0.5, 0.6) is 0 Å². The fraction of sp³-hybridized carbons (Fsp3) is 0.583. The zero-order valence-electron chi connectivity index (χ0n) is 10.3. The summed E-state index contributed by atoms with van der Waals surface area (Å²) in [5.74, 6) is -0.774. The summed E-state index contributed by atoms with van der Waals surface area (Å²) in [5, 5.41) is 11.0. The molecule has 1 aromatic rings. The molecular formula is C12H19NO2S. The fourth-order valence-corrected chi connectivity index (χ4v) is 2.35. The van der Waals surface area contributed by atoms with Crippen LogP contribution < -0.4 is 0 Å². The normalized spacial score (nSPS) is 12.1. The predicted molar refractivity (Wildman–Crippen MR) is 66.9 cm³/mol. The van der Waals surface area contributed by atoms with Gasteiger partial charge in [-0.15, -0.1) is 11.3 Å². The van der Waals surface area contributed by atoms with Crippen LogP contribution in [0.1, 0.15) is 31.2 Å². The quantitative estimate of drug-likeness (QED) is 0.881. The molecule has 0 amide bonds. The smallest absolute Gasteiger partial charge is 0.317 e. The van der Waals surface area contributed by atoms with Crippen LogP contribution in [0.4, 0.5) is 0 Å². The summed E-state index contributed by atoms with van der Waals surface area (Å²) in [6.07, 6.45) is 0. The molecule has 0 saturated carbocycles. The maximum atomic E-state index is 10.8. The van der Waals surface area contributed by atoms with Crippen LogP contribution in [0.15, 0.2) is 11.4 Å². The van der Waals surface area contributed by atoms with Crippen molar-refractivity contribution in [2.75, 3.05) is 6.54 Å². The van der Waals surface area contributed by atoms with Crippen molar-refractivity contribution in [2.45, 2.75) is 39.8 Å². The molecule has 0 aromatic carbocycles. The molecule has 1 rings (SSSR count). The summed E-state index contributed by atoms with van der Waals surface area (Å²) in [4.78, 5) is 14.1. The van der Waals surface area contributed by atoms with Gasteiger partial charge in [0.25, 0.3) is 0 Å². The summed E-state index contributed by atoms with van der Waals surface area (Å²) in [6, 6.07) is 2.07. The Bertz CT molecular complexity index is 365. The highest BCUT2D eigenvalue weighted by Crippen LogP contribution is 2.22. The zero-order chi connectivity index (χ0) is 12.3. The second kappa shape index (κ2) is 4.97. The molecule has 0 fully saturated rings. The number of hydrogen-bond donors (Lipinski definition) is 1. The maximum absolute atomic E-state index is 10.8. The molecule has 1 aromatic heterocycles. The maximum Gasteiger partial charge on any atom is 0.317 e. The molecule has 0 aliphatic heterocycles. The molecule has 0 radical (unpaired) electrons. The van der Waals surface area contributed by atoms with Crippen molar-refractivity contribution >= 4 is 17.3 Å². The second-order valence-corrected chi connectivity index (χ2v) is 5.95. The van der Waals surface area contributed by atoms with Gasteiger partial charge in [0.1, 0.15) is 0 Å². The molecule has 1 heterocycles. The van der Waals surface area contributed by atoms with Gasteiger partial charge in [0.05, 0.1) is 6.54 Å². The van der Waals surface area contributed by atoms with Crippen molar-refractivity contribution in [2.24, 2.45) is 0 Å². The van der Waals surface area contributed by atoms with E-state index in [-0.39, 0.29) is 12.1 Å². The molecule has 4 heteroatoms. The highest BCUT2D eigenvalue weighted by Gasteiger charge is 2.24. The first kappa shape index (κ1) is 13.2. The van der Waals surface area contributed by atoms with Crippen LogP contribution in [0, 0.1) is 6.92 Å². The number of hydrogen-bond acceptors (Lipinski definition) is 3. The number of thiophene rings is 1. The van der Waals surface area contributed by atoms with Gasteiger partial charge in [0, 0.05) is 17.0 Å². The van der Waals surface area contributed by atoms with Crippen molar-refractivity contribution in [1.82, 2.24) is 4.90 Å². The number of carbonyl (C=O) groups is 1. The van der Waals surface area contributed by atoms with Crippen LogP contribution in [0.3, 0.4) is 0 Å². The first-order valence-corrected chi connectivity index (χ1v) is 6.18. The Balaban J connectivity index is 2.79. The summed E-state index contributed by atoms with van der Waals surface area (Å²) < 4.78 is 0. The third-order valence-electron chi connectivity index (χ3n) is 2.58. The molecule has 0 atom stereocenters. The van der Waals surface area contributed by atoms with Gasteiger partial charge in [-0.25, -0.2) is 0 Å². The Morgan fingerprint density at radius 1 is 1.50 bits per heavy atom. The van der Waals surface area contributed by atoms with E-state index in [9.17, 15) is 4.79 Å². The van der Waals surface area contributed by atoms with Crippen molar-refractivity contribution in [3.8, 4) is 0 Å². The largest absolute Gasteiger partial charge is 0.480 e. The average molecular weight is 241 g/mol. The standard InChI is InChI=1S/C12H19NO2S/c1-9-5-6-16-10(9)7-13(8-11(14)15)12(2,3)4/h5-6H,7-8H2,1-4H3,(H,14,15). The average Bonchev–Trinajstić information content (AvgIpc) is 2.48. The molecule has 16 heavy (non-hydrogen) atoms. The summed E-state index contributed by atoms with van der Waals surface area (Å²) >= 11 is 1.69. The second-order valence-electron chi connectivity index (χ2n) is 4.95. The lowest BCUT2D eigenvalue weighted by atomic mass is 10.1. The number of carboxylic acid groups (broad SMARTS) is 1. The lowest BCUT2D eigenvalue weighted by molar-refractivity contribution is -0.139. The Kier molecular flexibility index (Phi) is 4.10. The number of carboxylic acids is 1. The molecule has 1 N–H and O–H groups in total. The Morgan fingerprint density at radius 3 is 2.50 bits per heavy atom. The van der Waals surface area contributed by atoms with Crippen LogP contribution >= 0.6 is 11.3 Å². The Labute approximate surface area is 101 Å². The minimum absolute atomic E-state index is 0.0842. The minimum Gasteiger partial charge on any atom is -0.480 e. The molecule has 0 spiro atoms. The van der Waals surface area contributed by atoms with E-state index in [1.165, 1.54) is 10.4 Å². The van der Waals surface area contributed by atoms with E-state index in [4.69, 9.17) is 5.11 Å². The Morgan fingerprint density at radius 2 is 2.12 bits per heavy atom. The van der Waals surface area contributed by atoms with E-state index in [0.29, 0.717) is 6.54 Å². The molecular weight excluding hydrogens is 222 g/mol. The molecule has 0 unspecified atom stereocenters. The van der Waals surface area contributed by atoms with E-state index >= 15 is 0 Å². The van der Waals surface area contributed by atoms with Gasteiger partial charge in [0.15, 0.2) is 0 Å². The highest BCUT2D eigenvalue weighted by atomic mass is 32.1. The monoisotopic (exact) mass is 241 g/mol. The molecule has 3 nitrogen and oxygen atoms in total. The SMILES string of the molecule is Cc1ccsc1CN(CC(=O)O)C(C)(C)C. The van der Waals surface area contributed by atoms with Crippen molar-refractivity contribution < 1.29 is 9.90 Å². The molecule has 0 aliphatic rings. The number of rotatable bonds is 4. The van der Waals surface area contributed by atoms with Crippen LogP contribution in [-0.4, -0.2) is 28.1 Å². The van der Waals surface area contributed by atoms with Crippen LogP contribution in [0.2, 0.25) is 0 Å². The molecule has 0 aliphatic carbocycles. The molecule has 0 saturated heterocycles. The van der Waals surface area contributed by atoms with Crippen molar-refractivity contribution in [3.05, 3.63) is 21.9 Å².